The van der Waals surface area contributed by atoms with Gasteiger partial charge in [0.1, 0.15) is 11.5 Å². The fraction of sp³-hybridized carbons (Fsp3) is 0. The maximum absolute atomic E-state index is 10.9. The van der Waals surface area contributed by atoms with Crippen LogP contribution in [-0.4, -0.2) is 26.0 Å². The lowest BCUT2D eigenvalue weighted by atomic mass is 10.2. The largest absolute Gasteiger partial charge is 0.344 e. The number of aromatic nitrogens is 2. The summed E-state index contributed by atoms with van der Waals surface area (Å²) < 4.78 is 0. The Morgan fingerprint density at radius 1 is 1.30 bits per heavy atom. The Morgan fingerprint density at radius 2 is 2.10 bits per heavy atom. The van der Waals surface area contributed by atoms with Crippen molar-refractivity contribution in [1.29, 1.82) is 0 Å². The summed E-state index contributed by atoms with van der Waals surface area (Å²) in [6.07, 6.45) is 4.44. The van der Waals surface area contributed by atoms with Gasteiger partial charge in [-0.3, -0.25) is 25.7 Å². The lowest BCUT2D eigenvalue weighted by molar-refractivity contribution is -0.393. The number of imidazole rings is 1. The van der Waals surface area contributed by atoms with Crippen LogP contribution in [0.4, 0.5) is 17.1 Å². The molecule has 10 nitrogen and oxygen atoms in total. The Kier molecular flexibility index (Phi) is 3.65. The first-order valence-electron chi connectivity index (χ1n) is 5.29. The van der Waals surface area contributed by atoms with Gasteiger partial charge in [-0.1, -0.05) is 0 Å². The van der Waals surface area contributed by atoms with Gasteiger partial charge in [0.25, 0.3) is 5.69 Å². The number of H-pyrrole nitrogens is 1. The molecule has 1 aromatic heterocycles. The molecule has 0 fully saturated rings. The van der Waals surface area contributed by atoms with Gasteiger partial charge in [0.15, 0.2) is 0 Å². The number of nitrogens with one attached hydrogen (secondary N) is 2. The summed E-state index contributed by atoms with van der Waals surface area (Å²) in [5.41, 5.74) is 1.69. The molecule has 0 aliphatic heterocycles. The van der Waals surface area contributed by atoms with Crippen molar-refractivity contribution in [3.8, 4) is 0 Å². The monoisotopic (exact) mass is 276 g/mol. The van der Waals surface area contributed by atoms with Gasteiger partial charge in [0, 0.05) is 18.5 Å². The second kappa shape index (κ2) is 5.56. The van der Waals surface area contributed by atoms with Gasteiger partial charge in [0.05, 0.1) is 22.1 Å². The van der Waals surface area contributed by atoms with E-state index in [1.807, 2.05) is 0 Å². The van der Waals surface area contributed by atoms with E-state index in [1.165, 1.54) is 18.5 Å². The molecule has 0 radical (unpaired) electrons. The van der Waals surface area contributed by atoms with Crippen LogP contribution in [0.5, 0.6) is 0 Å². The Labute approximate surface area is 111 Å². The third-order valence-electron chi connectivity index (χ3n) is 2.28. The number of rotatable bonds is 5. The van der Waals surface area contributed by atoms with Crippen LogP contribution in [0.25, 0.3) is 0 Å². The van der Waals surface area contributed by atoms with Gasteiger partial charge in [-0.15, -0.1) is 0 Å². The molecule has 0 aliphatic rings. The third kappa shape index (κ3) is 2.93. The summed E-state index contributed by atoms with van der Waals surface area (Å²) in [6, 6.07) is 3.23. The number of nitro groups is 2. The van der Waals surface area contributed by atoms with E-state index >= 15 is 0 Å². The van der Waals surface area contributed by atoms with Crippen molar-refractivity contribution in [2.24, 2.45) is 5.10 Å². The van der Waals surface area contributed by atoms with E-state index in [0.717, 1.165) is 12.1 Å². The Morgan fingerprint density at radius 3 is 2.70 bits per heavy atom. The van der Waals surface area contributed by atoms with E-state index in [0.29, 0.717) is 5.82 Å². The van der Waals surface area contributed by atoms with E-state index in [2.05, 4.69) is 20.5 Å². The fourth-order valence-corrected chi connectivity index (χ4v) is 1.39. The lowest BCUT2D eigenvalue weighted by Gasteiger charge is -2.01. The normalized spacial score (nSPS) is 10.6. The van der Waals surface area contributed by atoms with E-state index in [-0.39, 0.29) is 11.4 Å². The van der Waals surface area contributed by atoms with Crippen molar-refractivity contribution in [2.75, 3.05) is 5.43 Å². The third-order valence-corrected chi connectivity index (χ3v) is 2.28. The second-order valence-electron chi connectivity index (χ2n) is 3.56. The van der Waals surface area contributed by atoms with Crippen molar-refractivity contribution in [2.45, 2.75) is 0 Å². The summed E-state index contributed by atoms with van der Waals surface area (Å²) >= 11 is 0. The number of hydrogen-bond acceptors (Lipinski definition) is 7. The van der Waals surface area contributed by atoms with Crippen LogP contribution >= 0.6 is 0 Å². The molecule has 1 aromatic carbocycles. The first-order chi connectivity index (χ1) is 9.58. The SMILES string of the molecule is O=[N+]([O-])c1ccc(N/N=C/c2ncc[nH]2)c([N+](=O)[O-])c1. The smallest absolute Gasteiger partial charge is 0.301 e. The zero-order chi connectivity index (χ0) is 14.5. The predicted molar refractivity (Wildman–Crippen MR) is 69.6 cm³/mol. The number of hydrazone groups is 1. The second-order valence-corrected chi connectivity index (χ2v) is 3.56. The minimum absolute atomic E-state index is 0.0448. The van der Waals surface area contributed by atoms with Crippen LogP contribution in [0, 0.1) is 20.2 Å². The first kappa shape index (κ1) is 13.1. The average Bonchev–Trinajstić information content (AvgIpc) is 2.91. The number of non-ortho nitro benzene ring substituents is 1. The molecule has 2 aromatic rings. The van der Waals surface area contributed by atoms with Crippen LogP contribution in [-0.2, 0) is 0 Å². The van der Waals surface area contributed by atoms with Crippen molar-refractivity contribution in [3.05, 3.63) is 56.6 Å². The number of benzene rings is 1. The van der Waals surface area contributed by atoms with Crippen molar-refractivity contribution in [1.82, 2.24) is 9.97 Å². The minimum Gasteiger partial charge on any atom is -0.344 e. The number of hydrogen-bond donors (Lipinski definition) is 2. The van der Waals surface area contributed by atoms with Gasteiger partial charge in [-0.25, -0.2) is 4.98 Å². The molecule has 1 heterocycles. The van der Waals surface area contributed by atoms with Crippen LogP contribution in [0.3, 0.4) is 0 Å². The maximum atomic E-state index is 10.9. The maximum Gasteiger partial charge on any atom is 0.301 e. The molecule has 0 bridgehead atoms. The van der Waals surface area contributed by atoms with Gasteiger partial charge >= 0.3 is 5.69 Å². The predicted octanol–water partition coefficient (Wildman–Crippen LogP) is 1.67. The zero-order valence-corrected chi connectivity index (χ0v) is 9.89. The molecule has 0 saturated carbocycles. The van der Waals surface area contributed by atoms with E-state index in [4.69, 9.17) is 0 Å². The summed E-state index contributed by atoms with van der Waals surface area (Å²) in [5, 5.41) is 25.2. The molecule has 0 amide bonds. The molecule has 20 heavy (non-hydrogen) atoms. The molecular formula is C10H8N6O4. The highest BCUT2D eigenvalue weighted by Crippen LogP contribution is 2.28. The van der Waals surface area contributed by atoms with Gasteiger partial charge in [0.2, 0.25) is 0 Å². The molecule has 2 N–H and O–H groups in total. The summed E-state index contributed by atoms with van der Waals surface area (Å²) in [7, 11) is 0. The van der Waals surface area contributed by atoms with Crippen LogP contribution in [0.15, 0.2) is 35.7 Å². The highest BCUT2D eigenvalue weighted by molar-refractivity contribution is 5.76. The zero-order valence-electron chi connectivity index (χ0n) is 9.89. The average molecular weight is 276 g/mol. The molecule has 10 heteroatoms. The fourth-order valence-electron chi connectivity index (χ4n) is 1.39. The summed E-state index contributed by atoms with van der Waals surface area (Å²) in [4.78, 5) is 26.6. The minimum atomic E-state index is -0.724. The Balaban J connectivity index is 2.22. The van der Waals surface area contributed by atoms with Crippen LogP contribution < -0.4 is 5.43 Å². The molecule has 0 unspecified atom stereocenters. The van der Waals surface area contributed by atoms with Crippen LogP contribution in [0.1, 0.15) is 5.82 Å². The van der Waals surface area contributed by atoms with Crippen molar-refractivity contribution >= 4 is 23.3 Å². The highest BCUT2D eigenvalue weighted by atomic mass is 16.6. The molecule has 2 rings (SSSR count). The van der Waals surface area contributed by atoms with E-state index in [9.17, 15) is 20.2 Å². The van der Waals surface area contributed by atoms with Crippen molar-refractivity contribution < 1.29 is 9.85 Å². The number of nitro benzene ring substituents is 2. The van der Waals surface area contributed by atoms with E-state index < -0.39 is 15.5 Å². The molecule has 102 valence electrons. The van der Waals surface area contributed by atoms with Gasteiger partial charge in [-0.2, -0.15) is 5.10 Å². The highest BCUT2D eigenvalue weighted by Gasteiger charge is 2.18. The topological polar surface area (TPSA) is 139 Å². The molecule has 0 spiro atoms. The Bertz CT molecular complexity index is 666. The standard InChI is InChI=1S/C10H8N6O4/c17-15(18)7-1-2-8(9(5-7)16(19)20)14-13-6-10-11-3-4-12-10/h1-6,14H,(H,11,12)/b13-6+. The molecule has 0 atom stereocenters. The number of anilines is 1. The quantitative estimate of drug-likeness (QED) is 0.483. The van der Waals surface area contributed by atoms with E-state index in [1.54, 1.807) is 6.20 Å². The van der Waals surface area contributed by atoms with Gasteiger partial charge < -0.3 is 4.98 Å². The number of aromatic amines is 1. The molecule has 0 aliphatic carbocycles. The van der Waals surface area contributed by atoms with Gasteiger partial charge in [-0.05, 0) is 6.07 Å². The number of nitrogens with zero attached hydrogens (tertiary/aromatic N) is 4. The van der Waals surface area contributed by atoms with Crippen molar-refractivity contribution in [3.63, 3.8) is 0 Å². The summed E-state index contributed by atoms with van der Waals surface area (Å²) in [5.74, 6) is 0.460. The molecular weight excluding hydrogens is 268 g/mol. The molecule has 0 saturated heterocycles. The first-order valence-corrected chi connectivity index (χ1v) is 5.29. The summed E-state index contributed by atoms with van der Waals surface area (Å²) in [6.45, 7) is 0. The lowest BCUT2D eigenvalue weighted by Crippen LogP contribution is -1.99. The Hall–Kier alpha value is -3.30. The van der Waals surface area contributed by atoms with Crippen LogP contribution in [0.2, 0.25) is 0 Å².